The van der Waals surface area contributed by atoms with Gasteiger partial charge in [0.05, 0.1) is 11.5 Å². The third-order valence-electron chi connectivity index (χ3n) is 4.50. The quantitative estimate of drug-likeness (QED) is 0.908. The minimum Gasteiger partial charge on any atom is -0.493 e. The Morgan fingerprint density at radius 3 is 3.09 bits per heavy atom. The molecule has 1 aromatic carbocycles. The van der Waals surface area contributed by atoms with Crippen LogP contribution >= 0.6 is 11.3 Å². The van der Waals surface area contributed by atoms with E-state index in [-0.39, 0.29) is 5.91 Å². The lowest BCUT2D eigenvalue weighted by atomic mass is 9.90. The summed E-state index contributed by atoms with van der Waals surface area (Å²) in [6, 6.07) is 7.97. The van der Waals surface area contributed by atoms with Gasteiger partial charge in [0, 0.05) is 17.0 Å². The second-order valence-electron chi connectivity index (χ2n) is 6.28. The molecule has 1 unspecified atom stereocenters. The zero-order valence-electron chi connectivity index (χ0n) is 12.6. The third-order valence-corrected chi connectivity index (χ3v) is 5.74. The number of carbonyl (C=O) groups excluding carboxylic acids is 1. The Hall–Kier alpha value is -1.81. The minimum atomic E-state index is 0.00548. The number of fused-ring (bicyclic) bond motifs is 2. The number of carbonyl (C=O) groups is 1. The van der Waals surface area contributed by atoms with E-state index in [0.717, 1.165) is 48.1 Å². The van der Waals surface area contributed by atoms with Gasteiger partial charge in [-0.1, -0.05) is 6.92 Å². The topological polar surface area (TPSA) is 38.3 Å². The van der Waals surface area contributed by atoms with Crippen molar-refractivity contribution in [1.29, 1.82) is 0 Å². The van der Waals surface area contributed by atoms with Crippen LogP contribution in [0.2, 0.25) is 0 Å². The first kappa shape index (κ1) is 13.8. The van der Waals surface area contributed by atoms with Gasteiger partial charge in [-0.3, -0.25) is 4.79 Å². The monoisotopic (exact) mass is 313 g/mol. The van der Waals surface area contributed by atoms with E-state index in [1.807, 2.05) is 18.2 Å². The van der Waals surface area contributed by atoms with Gasteiger partial charge in [0.2, 0.25) is 0 Å². The lowest BCUT2D eigenvalue weighted by Gasteiger charge is -2.16. The second-order valence-corrected chi connectivity index (χ2v) is 7.42. The van der Waals surface area contributed by atoms with E-state index in [0.29, 0.717) is 0 Å². The Balaban J connectivity index is 1.53. The van der Waals surface area contributed by atoms with Gasteiger partial charge in [0.25, 0.3) is 5.91 Å². The Labute approximate surface area is 134 Å². The van der Waals surface area contributed by atoms with Crippen molar-refractivity contribution in [3.8, 4) is 5.75 Å². The summed E-state index contributed by atoms with van der Waals surface area (Å²) in [5, 5.41) is 3.02. The van der Waals surface area contributed by atoms with Crippen LogP contribution in [0.3, 0.4) is 0 Å². The molecule has 3 nitrogen and oxygen atoms in total. The average molecular weight is 313 g/mol. The van der Waals surface area contributed by atoms with E-state index in [4.69, 9.17) is 4.74 Å². The van der Waals surface area contributed by atoms with Crippen LogP contribution in [0.15, 0.2) is 24.3 Å². The van der Waals surface area contributed by atoms with Crippen LogP contribution < -0.4 is 10.1 Å². The summed E-state index contributed by atoms with van der Waals surface area (Å²) in [4.78, 5) is 14.7. The number of hydrogen-bond donors (Lipinski definition) is 1. The zero-order valence-corrected chi connectivity index (χ0v) is 13.5. The van der Waals surface area contributed by atoms with Crippen molar-refractivity contribution in [2.75, 3.05) is 11.9 Å². The van der Waals surface area contributed by atoms with Crippen molar-refractivity contribution in [2.24, 2.45) is 5.92 Å². The number of hydrogen-bond acceptors (Lipinski definition) is 3. The summed E-state index contributed by atoms with van der Waals surface area (Å²) >= 11 is 1.65. The van der Waals surface area contributed by atoms with Gasteiger partial charge in [0.15, 0.2) is 0 Å². The molecule has 1 N–H and O–H groups in total. The molecule has 1 aromatic heterocycles. The smallest absolute Gasteiger partial charge is 0.265 e. The number of thiophene rings is 1. The molecule has 4 rings (SSSR count). The first-order valence-corrected chi connectivity index (χ1v) is 8.69. The van der Waals surface area contributed by atoms with Crippen LogP contribution in [0.4, 0.5) is 5.69 Å². The first-order chi connectivity index (χ1) is 10.7. The number of ether oxygens (including phenoxy) is 1. The Morgan fingerprint density at radius 1 is 1.27 bits per heavy atom. The standard InChI is InChI=1S/C18H19NO2S/c1-11-2-5-16-13(8-11)10-17(22-16)18(20)19-14-3-4-15-12(9-14)6-7-21-15/h3-4,9-11H,2,5-8H2,1H3,(H,19,20). The predicted molar refractivity (Wildman–Crippen MR) is 89.1 cm³/mol. The molecule has 4 heteroatoms. The van der Waals surface area contributed by atoms with E-state index in [1.165, 1.54) is 22.4 Å². The third kappa shape index (κ3) is 2.52. The van der Waals surface area contributed by atoms with Crippen molar-refractivity contribution < 1.29 is 9.53 Å². The molecule has 2 aromatic rings. The minimum absolute atomic E-state index is 0.00548. The van der Waals surface area contributed by atoms with Crippen LogP contribution in [-0.2, 0) is 19.3 Å². The molecule has 0 fully saturated rings. The molecule has 1 atom stereocenters. The Bertz CT molecular complexity index is 735. The van der Waals surface area contributed by atoms with E-state index in [2.05, 4.69) is 18.3 Å². The molecule has 22 heavy (non-hydrogen) atoms. The van der Waals surface area contributed by atoms with Gasteiger partial charge in [-0.05, 0) is 60.6 Å². The maximum Gasteiger partial charge on any atom is 0.265 e. The molecule has 0 saturated heterocycles. The fourth-order valence-corrected chi connectivity index (χ4v) is 4.38. The highest BCUT2D eigenvalue weighted by atomic mass is 32.1. The van der Waals surface area contributed by atoms with Crippen LogP contribution in [0.25, 0.3) is 0 Å². The van der Waals surface area contributed by atoms with Crippen LogP contribution in [-0.4, -0.2) is 12.5 Å². The van der Waals surface area contributed by atoms with Gasteiger partial charge >= 0.3 is 0 Å². The molecule has 114 valence electrons. The molecule has 0 saturated carbocycles. The molecule has 0 bridgehead atoms. The van der Waals surface area contributed by atoms with E-state index >= 15 is 0 Å². The largest absolute Gasteiger partial charge is 0.493 e. The summed E-state index contributed by atoms with van der Waals surface area (Å²) in [5.41, 5.74) is 3.40. The number of rotatable bonds is 2. The van der Waals surface area contributed by atoms with E-state index in [9.17, 15) is 4.79 Å². The van der Waals surface area contributed by atoms with Gasteiger partial charge in [0.1, 0.15) is 5.75 Å². The summed E-state index contributed by atoms with van der Waals surface area (Å²) in [5.74, 6) is 1.68. The number of anilines is 1. The van der Waals surface area contributed by atoms with Crippen molar-refractivity contribution in [3.05, 3.63) is 45.1 Å². The van der Waals surface area contributed by atoms with Crippen molar-refractivity contribution in [2.45, 2.75) is 32.6 Å². The summed E-state index contributed by atoms with van der Waals surface area (Å²) in [6.45, 7) is 3.02. The molecular formula is C18H19NO2S. The number of amides is 1. The molecule has 0 spiro atoms. The molecule has 1 aliphatic heterocycles. The normalized spacial score (nSPS) is 19.2. The van der Waals surface area contributed by atoms with Crippen LogP contribution in [0.1, 0.15) is 39.0 Å². The molecule has 2 aliphatic rings. The van der Waals surface area contributed by atoms with Gasteiger partial charge in [-0.15, -0.1) is 11.3 Å². The maximum atomic E-state index is 12.5. The summed E-state index contributed by atoms with van der Waals surface area (Å²) in [7, 11) is 0. The van der Waals surface area contributed by atoms with Crippen LogP contribution in [0.5, 0.6) is 5.75 Å². The molecular weight excluding hydrogens is 294 g/mol. The SMILES string of the molecule is CC1CCc2sc(C(=O)Nc3ccc4c(c3)CCO4)cc2C1. The molecule has 1 aliphatic carbocycles. The summed E-state index contributed by atoms with van der Waals surface area (Å²) < 4.78 is 5.50. The molecule has 0 radical (unpaired) electrons. The number of aryl methyl sites for hydroxylation is 1. The van der Waals surface area contributed by atoms with Gasteiger partial charge in [-0.2, -0.15) is 0 Å². The Morgan fingerprint density at radius 2 is 2.18 bits per heavy atom. The highest BCUT2D eigenvalue weighted by Gasteiger charge is 2.21. The Kier molecular flexibility index (Phi) is 3.41. The molecule has 2 heterocycles. The maximum absolute atomic E-state index is 12.5. The predicted octanol–water partition coefficient (Wildman–Crippen LogP) is 4.06. The van der Waals surface area contributed by atoms with E-state index in [1.54, 1.807) is 11.3 Å². The highest BCUT2D eigenvalue weighted by Crippen LogP contribution is 2.33. The van der Waals surface area contributed by atoms with Gasteiger partial charge < -0.3 is 10.1 Å². The molecule has 1 amide bonds. The lowest BCUT2D eigenvalue weighted by Crippen LogP contribution is -2.10. The first-order valence-electron chi connectivity index (χ1n) is 7.88. The fourth-order valence-electron chi connectivity index (χ4n) is 3.27. The van der Waals surface area contributed by atoms with Gasteiger partial charge in [-0.25, -0.2) is 0 Å². The lowest BCUT2D eigenvalue weighted by molar-refractivity contribution is 0.103. The average Bonchev–Trinajstić information content (AvgIpc) is 3.12. The fraction of sp³-hybridized carbons (Fsp3) is 0.389. The number of nitrogens with one attached hydrogen (secondary N) is 1. The second kappa shape index (κ2) is 5.43. The van der Waals surface area contributed by atoms with E-state index < -0.39 is 0 Å². The number of benzene rings is 1. The summed E-state index contributed by atoms with van der Waals surface area (Å²) in [6.07, 6.45) is 4.38. The van der Waals surface area contributed by atoms with Crippen molar-refractivity contribution >= 4 is 22.9 Å². The highest BCUT2D eigenvalue weighted by molar-refractivity contribution is 7.14. The van der Waals surface area contributed by atoms with Crippen molar-refractivity contribution in [1.82, 2.24) is 0 Å². The van der Waals surface area contributed by atoms with Crippen molar-refractivity contribution in [3.63, 3.8) is 0 Å². The van der Waals surface area contributed by atoms with Crippen LogP contribution in [0, 0.1) is 5.92 Å². The zero-order chi connectivity index (χ0) is 15.1.